The number of cyclic esters (lactones) is 1. The van der Waals surface area contributed by atoms with Crippen molar-refractivity contribution in [3.05, 3.63) is 47.7 Å². The molecule has 15 heavy (non-hydrogen) atoms. The summed E-state index contributed by atoms with van der Waals surface area (Å²) in [6.45, 7) is 1.82. The lowest BCUT2D eigenvalue weighted by atomic mass is 9.94. The number of esters is 1. The molecule has 78 valence electrons. The van der Waals surface area contributed by atoms with Crippen LogP contribution in [0.25, 0.3) is 0 Å². The molecule has 0 saturated heterocycles. The zero-order chi connectivity index (χ0) is 10.9. The molecule has 1 heterocycles. The molecule has 0 aliphatic carbocycles. The predicted octanol–water partition coefficient (Wildman–Crippen LogP) is 1.99. The minimum absolute atomic E-state index is 0.363. The highest BCUT2D eigenvalue weighted by molar-refractivity contribution is 5.86. The van der Waals surface area contributed by atoms with Gasteiger partial charge >= 0.3 is 5.97 Å². The van der Waals surface area contributed by atoms with Crippen molar-refractivity contribution in [3.8, 4) is 0 Å². The van der Waals surface area contributed by atoms with E-state index in [1.807, 2.05) is 37.3 Å². The molecule has 1 aliphatic heterocycles. The molecule has 3 nitrogen and oxygen atoms in total. The second-order valence-corrected chi connectivity index (χ2v) is 3.53. The zero-order valence-corrected chi connectivity index (χ0v) is 8.69. The molecule has 0 amide bonds. The van der Waals surface area contributed by atoms with E-state index in [0.29, 0.717) is 5.76 Å². The van der Waals surface area contributed by atoms with E-state index in [1.165, 1.54) is 13.2 Å². The number of hydrogen-bond acceptors (Lipinski definition) is 3. The van der Waals surface area contributed by atoms with Gasteiger partial charge in [-0.25, -0.2) is 4.79 Å². The first kappa shape index (κ1) is 9.77. The first-order valence-electron chi connectivity index (χ1n) is 4.71. The van der Waals surface area contributed by atoms with Crippen molar-refractivity contribution in [3.63, 3.8) is 0 Å². The van der Waals surface area contributed by atoms with Gasteiger partial charge in [0.25, 0.3) is 0 Å². The fourth-order valence-electron chi connectivity index (χ4n) is 1.74. The van der Waals surface area contributed by atoms with Crippen molar-refractivity contribution in [2.75, 3.05) is 7.11 Å². The van der Waals surface area contributed by atoms with E-state index in [9.17, 15) is 4.79 Å². The van der Waals surface area contributed by atoms with Gasteiger partial charge in [-0.15, -0.1) is 0 Å². The number of hydrogen-bond donors (Lipinski definition) is 0. The summed E-state index contributed by atoms with van der Waals surface area (Å²) in [6.07, 6.45) is 1.38. The number of carbonyl (C=O) groups is 1. The molecule has 3 heteroatoms. The molecule has 1 atom stereocenters. The van der Waals surface area contributed by atoms with Crippen LogP contribution < -0.4 is 0 Å². The third-order valence-corrected chi connectivity index (χ3v) is 2.57. The van der Waals surface area contributed by atoms with Gasteiger partial charge in [-0.05, 0) is 6.92 Å². The SMILES string of the molecule is COC1=CC(=O)O[C@]1(C)c1ccccc1. The lowest BCUT2D eigenvalue weighted by Gasteiger charge is -2.25. The highest BCUT2D eigenvalue weighted by Gasteiger charge is 2.41. The predicted molar refractivity (Wildman–Crippen MR) is 55.0 cm³/mol. The molecule has 1 aliphatic rings. The zero-order valence-electron chi connectivity index (χ0n) is 8.69. The van der Waals surface area contributed by atoms with Crippen LogP contribution in [-0.2, 0) is 19.9 Å². The summed E-state index contributed by atoms with van der Waals surface area (Å²) in [6, 6.07) is 9.54. The van der Waals surface area contributed by atoms with Crippen LogP contribution in [0.2, 0.25) is 0 Å². The van der Waals surface area contributed by atoms with Gasteiger partial charge in [0.2, 0.25) is 0 Å². The number of carbonyl (C=O) groups excluding carboxylic acids is 1. The maximum Gasteiger partial charge on any atom is 0.335 e. The van der Waals surface area contributed by atoms with Crippen molar-refractivity contribution >= 4 is 5.97 Å². The first-order valence-corrected chi connectivity index (χ1v) is 4.71. The fourth-order valence-corrected chi connectivity index (χ4v) is 1.74. The molecule has 0 radical (unpaired) electrons. The molecule has 1 aromatic carbocycles. The van der Waals surface area contributed by atoms with E-state index in [2.05, 4.69) is 0 Å². The monoisotopic (exact) mass is 204 g/mol. The topological polar surface area (TPSA) is 35.5 Å². The number of rotatable bonds is 2. The van der Waals surface area contributed by atoms with Gasteiger partial charge in [-0.3, -0.25) is 0 Å². The van der Waals surface area contributed by atoms with Gasteiger partial charge in [-0.2, -0.15) is 0 Å². The van der Waals surface area contributed by atoms with Crippen LogP contribution in [0.4, 0.5) is 0 Å². The lowest BCUT2D eigenvalue weighted by molar-refractivity contribution is -0.147. The molecular formula is C12H12O3. The average molecular weight is 204 g/mol. The van der Waals surface area contributed by atoms with Gasteiger partial charge in [0.1, 0.15) is 0 Å². The second-order valence-electron chi connectivity index (χ2n) is 3.53. The van der Waals surface area contributed by atoms with Crippen molar-refractivity contribution in [1.29, 1.82) is 0 Å². The van der Waals surface area contributed by atoms with Crippen molar-refractivity contribution < 1.29 is 14.3 Å². The highest BCUT2D eigenvalue weighted by atomic mass is 16.6. The first-order chi connectivity index (χ1) is 7.16. The summed E-state index contributed by atoms with van der Waals surface area (Å²) in [5, 5.41) is 0. The molecule has 0 saturated carbocycles. The molecule has 1 aromatic rings. The van der Waals surface area contributed by atoms with E-state index < -0.39 is 5.60 Å². The van der Waals surface area contributed by atoms with Crippen LogP contribution in [0.15, 0.2) is 42.2 Å². The Balaban J connectivity index is 2.44. The summed E-state index contributed by atoms with van der Waals surface area (Å²) in [5.41, 5.74) is 0.122. The van der Waals surface area contributed by atoms with Crippen LogP contribution >= 0.6 is 0 Å². The van der Waals surface area contributed by atoms with Gasteiger partial charge < -0.3 is 9.47 Å². The smallest absolute Gasteiger partial charge is 0.335 e. The molecule has 0 fully saturated rings. The Bertz CT molecular complexity index is 408. The Morgan fingerprint density at radius 2 is 1.93 bits per heavy atom. The standard InChI is InChI=1S/C12H12O3/c1-12(9-6-4-3-5-7-9)10(14-2)8-11(13)15-12/h3-8H,1-2H3/t12-/m1/s1. The Morgan fingerprint density at radius 1 is 1.27 bits per heavy atom. The second kappa shape index (κ2) is 3.42. The Kier molecular flexibility index (Phi) is 2.23. The van der Waals surface area contributed by atoms with Crippen LogP contribution in [0.3, 0.4) is 0 Å². The minimum Gasteiger partial charge on any atom is -0.496 e. The van der Waals surface area contributed by atoms with Gasteiger partial charge in [-0.1, -0.05) is 30.3 Å². The Labute approximate surface area is 88.3 Å². The third-order valence-electron chi connectivity index (χ3n) is 2.57. The maximum atomic E-state index is 11.2. The average Bonchev–Trinajstić information content (AvgIpc) is 2.56. The quantitative estimate of drug-likeness (QED) is 0.691. The van der Waals surface area contributed by atoms with E-state index in [4.69, 9.17) is 9.47 Å². The summed E-state index contributed by atoms with van der Waals surface area (Å²) < 4.78 is 10.4. The number of ether oxygens (including phenoxy) is 2. The molecular weight excluding hydrogens is 192 g/mol. The largest absolute Gasteiger partial charge is 0.496 e. The van der Waals surface area contributed by atoms with Crippen LogP contribution in [0, 0.1) is 0 Å². The summed E-state index contributed by atoms with van der Waals surface area (Å²) in [7, 11) is 1.54. The molecule has 0 unspecified atom stereocenters. The van der Waals surface area contributed by atoms with Crippen molar-refractivity contribution in [1.82, 2.24) is 0 Å². The van der Waals surface area contributed by atoms with Crippen molar-refractivity contribution in [2.24, 2.45) is 0 Å². The van der Waals surface area contributed by atoms with Crippen LogP contribution in [-0.4, -0.2) is 13.1 Å². The number of benzene rings is 1. The third kappa shape index (κ3) is 1.50. The van der Waals surface area contributed by atoms with Crippen LogP contribution in [0.1, 0.15) is 12.5 Å². The fraction of sp³-hybridized carbons (Fsp3) is 0.250. The number of methoxy groups -OCH3 is 1. The molecule has 2 rings (SSSR count). The summed E-state index contributed by atoms with van der Waals surface area (Å²) >= 11 is 0. The Hall–Kier alpha value is -1.77. The molecule has 0 spiro atoms. The highest BCUT2D eigenvalue weighted by Crippen LogP contribution is 2.37. The minimum atomic E-state index is -0.785. The van der Waals surface area contributed by atoms with Crippen LogP contribution in [0.5, 0.6) is 0 Å². The normalized spacial score (nSPS) is 24.7. The van der Waals surface area contributed by atoms with Gasteiger partial charge in [0.05, 0.1) is 13.2 Å². The summed E-state index contributed by atoms with van der Waals surface area (Å²) in [5.74, 6) is 0.178. The van der Waals surface area contributed by atoms with E-state index in [1.54, 1.807) is 0 Å². The van der Waals surface area contributed by atoms with E-state index in [0.717, 1.165) is 5.56 Å². The van der Waals surface area contributed by atoms with E-state index in [-0.39, 0.29) is 5.97 Å². The van der Waals surface area contributed by atoms with Gasteiger partial charge in [0, 0.05) is 5.56 Å². The lowest BCUT2D eigenvalue weighted by Crippen LogP contribution is -2.25. The maximum absolute atomic E-state index is 11.2. The van der Waals surface area contributed by atoms with E-state index >= 15 is 0 Å². The Morgan fingerprint density at radius 3 is 2.53 bits per heavy atom. The molecule has 0 bridgehead atoms. The molecule has 0 N–H and O–H groups in total. The molecule has 0 aromatic heterocycles. The van der Waals surface area contributed by atoms with Gasteiger partial charge in [0.15, 0.2) is 11.4 Å². The van der Waals surface area contributed by atoms with Crippen molar-refractivity contribution in [2.45, 2.75) is 12.5 Å². The summed E-state index contributed by atoms with van der Waals surface area (Å²) in [4.78, 5) is 11.2.